The van der Waals surface area contributed by atoms with E-state index in [4.69, 9.17) is 0 Å². The second-order valence-corrected chi connectivity index (χ2v) is 6.07. The minimum atomic E-state index is -0.966. The zero-order chi connectivity index (χ0) is 15.9. The Balaban J connectivity index is 1.72. The number of hydrogen-bond donors (Lipinski definition) is 1. The molecule has 0 radical (unpaired) electrons. The SMILES string of the molecule is Cc1cccc(CSCCC(=O)Nc2ccc(F)c(F)c2)c1. The molecule has 1 N–H and O–H groups in total. The van der Waals surface area contributed by atoms with Gasteiger partial charge in [-0.05, 0) is 24.6 Å². The van der Waals surface area contributed by atoms with E-state index in [0.717, 1.165) is 17.9 Å². The number of carbonyl (C=O) groups is 1. The Morgan fingerprint density at radius 1 is 1.14 bits per heavy atom. The lowest BCUT2D eigenvalue weighted by molar-refractivity contribution is -0.115. The van der Waals surface area contributed by atoms with Crippen LogP contribution in [0.3, 0.4) is 0 Å². The molecule has 0 aliphatic carbocycles. The van der Waals surface area contributed by atoms with Crippen LogP contribution in [-0.4, -0.2) is 11.7 Å². The maximum Gasteiger partial charge on any atom is 0.225 e. The number of anilines is 1. The number of rotatable bonds is 6. The highest BCUT2D eigenvalue weighted by Crippen LogP contribution is 2.16. The van der Waals surface area contributed by atoms with Crippen LogP contribution in [0.2, 0.25) is 0 Å². The summed E-state index contributed by atoms with van der Waals surface area (Å²) in [6.07, 6.45) is 0.329. The van der Waals surface area contributed by atoms with Crippen molar-refractivity contribution in [3.63, 3.8) is 0 Å². The average Bonchev–Trinajstić information content (AvgIpc) is 2.48. The monoisotopic (exact) mass is 321 g/mol. The smallest absolute Gasteiger partial charge is 0.225 e. The number of benzene rings is 2. The van der Waals surface area contributed by atoms with E-state index in [9.17, 15) is 13.6 Å². The van der Waals surface area contributed by atoms with Gasteiger partial charge in [-0.1, -0.05) is 29.8 Å². The van der Waals surface area contributed by atoms with E-state index in [1.807, 2.05) is 19.1 Å². The molecule has 0 heterocycles. The first-order valence-corrected chi connectivity index (χ1v) is 8.08. The van der Waals surface area contributed by atoms with Crippen molar-refractivity contribution in [2.24, 2.45) is 0 Å². The van der Waals surface area contributed by atoms with E-state index < -0.39 is 11.6 Å². The standard InChI is InChI=1S/C17H17F2NOS/c1-12-3-2-4-13(9-12)11-22-8-7-17(21)20-14-5-6-15(18)16(19)10-14/h2-6,9-10H,7-8,11H2,1H3,(H,20,21). The van der Waals surface area contributed by atoms with Crippen molar-refractivity contribution >= 4 is 23.4 Å². The Morgan fingerprint density at radius 2 is 1.95 bits per heavy atom. The number of hydrogen-bond acceptors (Lipinski definition) is 2. The molecule has 0 bridgehead atoms. The van der Waals surface area contributed by atoms with Crippen molar-refractivity contribution < 1.29 is 13.6 Å². The van der Waals surface area contributed by atoms with Crippen LogP contribution in [0.15, 0.2) is 42.5 Å². The van der Waals surface area contributed by atoms with Crippen LogP contribution in [-0.2, 0) is 10.5 Å². The first-order valence-electron chi connectivity index (χ1n) is 6.93. The van der Waals surface area contributed by atoms with Crippen molar-refractivity contribution in [2.75, 3.05) is 11.1 Å². The summed E-state index contributed by atoms with van der Waals surface area (Å²) in [6.45, 7) is 2.05. The van der Waals surface area contributed by atoms with Crippen molar-refractivity contribution in [1.29, 1.82) is 0 Å². The Kier molecular flexibility index (Phi) is 5.95. The Hall–Kier alpha value is -1.88. The van der Waals surface area contributed by atoms with Crippen LogP contribution in [0.25, 0.3) is 0 Å². The highest BCUT2D eigenvalue weighted by atomic mass is 32.2. The lowest BCUT2D eigenvalue weighted by Crippen LogP contribution is -2.12. The molecule has 0 fully saturated rings. The van der Waals surface area contributed by atoms with Gasteiger partial charge in [-0.2, -0.15) is 11.8 Å². The second-order valence-electron chi connectivity index (χ2n) is 4.97. The fraction of sp³-hybridized carbons (Fsp3) is 0.235. The zero-order valence-corrected chi connectivity index (χ0v) is 13.1. The van der Waals surface area contributed by atoms with Gasteiger partial charge < -0.3 is 5.32 Å². The first kappa shape index (κ1) is 16.5. The molecule has 0 atom stereocenters. The van der Waals surface area contributed by atoms with Gasteiger partial charge in [0.15, 0.2) is 11.6 Å². The Morgan fingerprint density at radius 3 is 2.68 bits per heavy atom. The van der Waals surface area contributed by atoms with Crippen molar-refractivity contribution in [3.8, 4) is 0 Å². The number of carbonyl (C=O) groups excluding carboxylic acids is 1. The van der Waals surface area contributed by atoms with Crippen LogP contribution in [0.4, 0.5) is 14.5 Å². The average molecular weight is 321 g/mol. The van der Waals surface area contributed by atoms with Gasteiger partial charge in [0.1, 0.15) is 0 Å². The van der Waals surface area contributed by atoms with Gasteiger partial charge in [-0.25, -0.2) is 8.78 Å². The molecule has 2 aromatic rings. The van der Waals surface area contributed by atoms with Gasteiger partial charge in [0.05, 0.1) is 0 Å². The molecule has 2 nitrogen and oxygen atoms in total. The van der Waals surface area contributed by atoms with Crippen molar-refractivity contribution in [3.05, 3.63) is 65.2 Å². The largest absolute Gasteiger partial charge is 0.326 e. The van der Waals surface area contributed by atoms with Gasteiger partial charge in [-0.3, -0.25) is 4.79 Å². The molecule has 116 valence electrons. The normalized spacial score (nSPS) is 10.5. The first-order chi connectivity index (χ1) is 10.5. The summed E-state index contributed by atoms with van der Waals surface area (Å²) in [7, 11) is 0. The third-order valence-electron chi connectivity index (χ3n) is 3.03. The third kappa shape index (κ3) is 5.15. The molecule has 0 unspecified atom stereocenters. The van der Waals surface area contributed by atoms with E-state index in [1.165, 1.54) is 17.2 Å². The number of halogens is 2. The quantitative estimate of drug-likeness (QED) is 0.792. The van der Waals surface area contributed by atoms with Crippen molar-refractivity contribution in [1.82, 2.24) is 0 Å². The van der Waals surface area contributed by atoms with Crippen LogP contribution < -0.4 is 5.32 Å². The van der Waals surface area contributed by atoms with E-state index in [0.29, 0.717) is 12.2 Å². The highest BCUT2D eigenvalue weighted by molar-refractivity contribution is 7.98. The zero-order valence-electron chi connectivity index (χ0n) is 12.2. The maximum absolute atomic E-state index is 13.0. The molecule has 5 heteroatoms. The molecule has 0 aliphatic heterocycles. The molecule has 2 aromatic carbocycles. The van der Waals surface area contributed by atoms with E-state index in [2.05, 4.69) is 17.4 Å². The molecular formula is C17H17F2NOS. The lowest BCUT2D eigenvalue weighted by Gasteiger charge is -2.06. The summed E-state index contributed by atoms with van der Waals surface area (Å²) in [5, 5.41) is 2.56. The predicted octanol–water partition coefficient (Wildman–Crippen LogP) is 4.54. The van der Waals surface area contributed by atoms with E-state index in [-0.39, 0.29) is 11.6 Å². The van der Waals surface area contributed by atoms with Gasteiger partial charge in [0.25, 0.3) is 0 Å². The summed E-state index contributed by atoms with van der Waals surface area (Å²) in [4.78, 5) is 11.7. The summed E-state index contributed by atoms with van der Waals surface area (Å²) >= 11 is 1.66. The van der Waals surface area contributed by atoms with Gasteiger partial charge in [0, 0.05) is 29.7 Å². The molecule has 0 aliphatic rings. The molecule has 22 heavy (non-hydrogen) atoms. The molecule has 0 spiro atoms. The molecule has 1 amide bonds. The van der Waals surface area contributed by atoms with Crippen LogP contribution in [0.1, 0.15) is 17.5 Å². The number of aryl methyl sites for hydroxylation is 1. The molecule has 2 rings (SSSR count). The minimum absolute atomic E-state index is 0.206. The highest BCUT2D eigenvalue weighted by Gasteiger charge is 2.06. The summed E-state index contributed by atoms with van der Waals surface area (Å²) in [5.74, 6) is -0.579. The summed E-state index contributed by atoms with van der Waals surface area (Å²) in [5.41, 5.74) is 2.72. The van der Waals surface area contributed by atoms with Gasteiger partial charge in [-0.15, -0.1) is 0 Å². The summed E-state index contributed by atoms with van der Waals surface area (Å²) < 4.78 is 25.8. The number of thioether (sulfide) groups is 1. The Labute approximate surface area is 132 Å². The summed E-state index contributed by atoms with van der Waals surface area (Å²) in [6, 6.07) is 11.6. The lowest BCUT2D eigenvalue weighted by atomic mass is 10.2. The number of amides is 1. The third-order valence-corrected chi connectivity index (χ3v) is 4.06. The van der Waals surface area contributed by atoms with Crippen LogP contribution in [0, 0.1) is 18.6 Å². The van der Waals surface area contributed by atoms with E-state index in [1.54, 1.807) is 11.8 Å². The predicted molar refractivity (Wildman–Crippen MR) is 86.9 cm³/mol. The number of nitrogens with one attached hydrogen (secondary N) is 1. The Bertz CT molecular complexity index is 661. The van der Waals surface area contributed by atoms with Crippen molar-refractivity contribution in [2.45, 2.75) is 19.1 Å². The fourth-order valence-corrected chi connectivity index (χ4v) is 2.84. The van der Waals surface area contributed by atoms with Crippen LogP contribution >= 0.6 is 11.8 Å². The van der Waals surface area contributed by atoms with Gasteiger partial charge >= 0.3 is 0 Å². The van der Waals surface area contributed by atoms with Crippen LogP contribution in [0.5, 0.6) is 0 Å². The fourth-order valence-electron chi connectivity index (χ4n) is 1.95. The van der Waals surface area contributed by atoms with Gasteiger partial charge in [0.2, 0.25) is 5.91 Å². The minimum Gasteiger partial charge on any atom is -0.326 e. The molecule has 0 aromatic heterocycles. The molecular weight excluding hydrogens is 304 g/mol. The second kappa shape index (κ2) is 7.94. The maximum atomic E-state index is 13.0. The molecule has 0 saturated carbocycles. The van der Waals surface area contributed by atoms with E-state index >= 15 is 0 Å². The molecule has 0 saturated heterocycles. The topological polar surface area (TPSA) is 29.1 Å².